The number of amides is 2. The molecule has 0 aromatic heterocycles. The van der Waals surface area contributed by atoms with Gasteiger partial charge in [-0.3, -0.25) is 14.4 Å². The van der Waals surface area contributed by atoms with E-state index in [0.717, 1.165) is 18.9 Å². The van der Waals surface area contributed by atoms with E-state index >= 15 is 0 Å². The number of rotatable bonds is 12. The van der Waals surface area contributed by atoms with Crippen LogP contribution in [0.15, 0.2) is 0 Å². The molecule has 0 aromatic rings. The lowest BCUT2D eigenvalue weighted by molar-refractivity contribution is -0.142. The van der Waals surface area contributed by atoms with Gasteiger partial charge in [0.15, 0.2) is 5.78 Å². The number of Topliss-reactive ketones (excluding diaryl/α,β-unsaturated/α-hetero) is 1. The van der Waals surface area contributed by atoms with E-state index in [9.17, 15) is 24.0 Å². The van der Waals surface area contributed by atoms with Crippen LogP contribution >= 0.6 is 33.3 Å². The molecule has 0 radical (unpaired) electrons. The van der Waals surface area contributed by atoms with Gasteiger partial charge in [0, 0.05) is 22.7 Å². The second-order valence-electron chi connectivity index (χ2n) is 9.04. The van der Waals surface area contributed by atoms with Gasteiger partial charge in [-0.05, 0) is 20.8 Å². The van der Waals surface area contributed by atoms with Crippen molar-refractivity contribution < 1.29 is 38.2 Å². The Kier molecular flexibility index (Phi) is 14.7. The summed E-state index contributed by atoms with van der Waals surface area (Å²) in [5.41, 5.74) is -0.768. The van der Waals surface area contributed by atoms with Gasteiger partial charge in [-0.1, -0.05) is 54.1 Å². The van der Waals surface area contributed by atoms with Crippen molar-refractivity contribution >= 4 is 62.4 Å². The summed E-state index contributed by atoms with van der Waals surface area (Å²) in [4.78, 5) is 60.6. The Hall–Kier alpha value is -1.60. The molecule has 0 rings (SSSR count). The average Bonchev–Trinajstić information content (AvgIpc) is 2.71. The summed E-state index contributed by atoms with van der Waals surface area (Å²) >= 11 is 0.721. The summed E-state index contributed by atoms with van der Waals surface area (Å²) < 4.78 is 14.3. The zero-order valence-electron chi connectivity index (χ0n) is 21.0. The van der Waals surface area contributed by atoms with Gasteiger partial charge in [-0.15, -0.1) is 0 Å². The van der Waals surface area contributed by atoms with Gasteiger partial charge in [0.25, 0.3) is 5.24 Å². The predicted molar refractivity (Wildman–Crippen MR) is 136 cm³/mol. The molecular formula is C21H36N2O8S3. The van der Waals surface area contributed by atoms with Crippen molar-refractivity contribution in [3.8, 4) is 0 Å². The van der Waals surface area contributed by atoms with Gasteiger partial charge in [0.05, 0.1) is 26.7 Å². The van der Waals surface area contributed by atoms with Crippen LogP contribution in [0, 0.1) is 0 Å². The lowest BCUT2D eigenvalue weighted by Gasteiger charge is -2.23. The minimum atomic E-state index is -1.13. The van der Waals surface area contributed by atoms with Crippen molar-refractivity contribution in [2.24, 2.45) is 0 Å². The van der Waals surface area contributed by atoms with Crippen molar-refractivity contribution in [3.05, 3.63) is 0 Å². The number of hydrogen-bond donors (Lipinski definition) is 2. The molecule has 13 heteroatoms. The van der Waals surface area contributed by atoms with E-state index in [1.165, 1.54) is 17.9 Å². The molecule has 0 aliphatic heterocycles. The highest BCUT2D eigenvalue weighted by Crippen LogP contribution is 2.35. The van der Waals surface area contributed by atoms with E-state index in [1.54, 1.807) is 31.6 Å². The molecule has 196 valence electrons. The highest BCUT2D eigenvalue weighted by atomic mass is 33.1. The maximum atomic E-state index is 12.6. The van der Waals surface area contributed by atoms with Gasteiger partial charge < -0.3 is 24.8 Å². The molecule has 34 heavy (non-hydrogen) atoms. The fourth-order valence-corrected chi connectivity index (χ4v) is 5.36. The Labute approximate surface area is 213 Å². The van der Waals surface area contributed by atoms with Crippen LogP contribution in [0.4, 0.5) is 9.59 Å². The van der Waals surface area contributed by atoms with Crippen LogP contribution in [0.5, 0.6) is 0 Å². The lowest BCUT2D eigenvalue weighted by Crippen LogP contribution is -2.46. The SMILES string of the molecule is COC(=O)CCC(=O)[C@H](CSSC(C)(C)C)NC(=O)SC[C@H](NC(=O)OC(C)(C)C)C(=O)OC. The zero-order chi connectivity index (χ0) is 26.5. The van der Waals surface area contributed by atoms with Crippen LogP contribution in [0.3, 0.4) is 0 Å². The third-order valence-corrected chi connectivity index (χ3v) is 7.81. The van der Waals surface area contributed by atoms with Crippen molar-refractivity contribution in [1.82, 2.24) is 10.6 Å². The molecule has 0 aliphatic carbocycles. The Bertz CT molecular complexity index is 720. The highest BCUT2D eigenvalue weighted by molar-refractivity contribution is 8.77. The first-order valence-corrected chi connectivity index (χ1v) is 13.8. The van der Waals surface area contributed by atoms with Crippen LogP contribution in [0.2, 0.25) is 0 Å². The maximum absolute atomic E-state index is 12.6. The van der Waals surface area contributed by atoms with Crippen LogP contribution in [-0.2, 0) is 28.6 Å². The molecule has 2 amide bonds. The van der Waals surface area contributed by atoms with E-state index in [2.05, 4.69) is 20.1 Å². The maximum Gasteiger partial charge on any atom is 0.408 e. The van der Waals surface area contributed by atoms with Crippen LogP contribution < -0.4 is 10.6 Å². The van der Waals surface area contributed by atoms with E-state index in [-0.39, 0.29) is 29.1 Å². The standard InChI is InChI=1S/C21H36N2O8S3/c1-20(2,3)31-18(27)22-14(17(26)30-8)11-32-19(28)23-13(12-33-34-21(4,5)6)15(24)9-10-16(25)29-7/h13-14H,9-12H2,1-8H3,(H,22,27)(H,23,28)/t13-,14-/m0/s1. The second-order valence-corrected chi connectivity index (χ2v) is 13.2. The molecule has 2 atom stereocenters. The monoisotopic (exact) mass is 540 g/mol. The Morgan fingerprint density at radius 2 is 1.44 bits per heavy atom. The molecule has 0 bridgehead atoms. The van der Waals surface area contributed by atoms with E-state index in [4.69, 9.17) is 4.74 Å². The van der Waals surface area contributed by atoms with Gasteiger partial charge in [0.2, 0.25) is 0 Å². The first-order valence-electron chi connectivity index (χ1n) is 10.5. The number of esters is 2. The first kappa shape index (κ1) is 32.4. The summed E-state index contributed by atoms with van der Waals surface area (Å²) in [6, 6.07) is -1.96. The fourth-order valence-electron chi connectivity index (χ4n) is 2.10. The number of ketones is 1. The Balaban J connectivity index is 5.08. The van der Waals surface area contributed by atoms with Gasteiger partial charge in [0.1, 0.15) is 11.6 Å². The second kappa shape index (κ2) is 15.4. The number of thioether (sulfide) groups is 1. The molecule has 2 N–H and O–H groups in total. The first-order chi connectivity index (χ1) is 15.6. The number of carbonyl (C=O) groups is 5. The van der Waals surface area contributed by atoms with Gasteiger partial charge in [-0.25, -0.2) is 9.59 Å². The predicted octanol–water partition coefficient (Wildman–Crippen LogP) is 3.57. The quantitative estimate of drug-likeness (QED) is 0.213. The molecule has 0 spiro atoms. The summed E-state index contributed by atoms with van der Waals surface area (Å²) in [6.07, 6.45) is -0.986. The Morgan fingerprint density at radius 1 is 0.824 bits per heavy atom. The van der Waals surface area contributed by atoms with Crippen molar-refractivity contribution in [1.29, 1.82) is 0 Å². The van der Waals surface area contributed by atoms with Crippen molar-refractivity contribution in [3.63, 3.8) is 0 Å². The van der Waals surface area contributed by atoms with Crippen LogP contribution in [-0.4, -0.2) is 77.2 Å². The summed E-state index contributed by atoms with van der Waals surface area (Å²) in [5, 5.41) is 4.47. The number of ether oxygens (including phenoxy) is 3. The zero-order valence-corrected chi connectivity index (χ0v) is 23.4. The van der Waals surface area contributed by atoms with Crippen molar-refractivity contribution in [2.75, 3.05) is 25.7 Å². The molecule has 0 unspecified atom stereocenters. The van der Waals surface area contributed by atoms with E-state index in [0.29, 0.717) is 5.75 Å². The molecule has 0 aliphatic rings. The minimum absolute atomic E-state index is 0.0515. The molecule has 0 saturated carbocycles. The molecular weight excluding hydrogens is 504 g/mol. The van der Waals surface area contributed by atoms with Crippen LogP contribution in [0.25, 0.3) is 0 Å². The number of carbonyl (C=O) groups excluding carboxylic acids is 5. The summed E-state index contributed by atoms with van der Waals surface area (Å²) in [7, 11) is 5.40. The number of hydrogen-bond acceptors (Lipinski definition) is 11. The summed E-state index contributed by atoms with van der Waals surface area (Å²) in [5.74, 6) is -1.40. The molecule has 0 aromatic carbocycles. The molecule has 0 fully saturated rings. The topological polar surface area (TPSA) is 137 Å². The Morgan fingerprint density at radius 3 is 1.94 bits per heavy atom. The molecule has 10 nitrogen and oxygen atoms in total. The third kappa shape index (κ3) is 16.1. The van der Waals surface area contributed by atoms with Gasteiger partial charge in [-0.2, -0.15) is 0 Å². The van der Waals surface area contributed by atoms with Crippen molar-refractivity contribution in [2.45, 2.75) is 76.8 Å². The largest absolute Gasteiger partial charge is 0.469 e. The fraction of sp³-hybridized carbons (Fsp3) is 0.762. The number of nitrogens with one attached hydrogen (secondary N) is 2. The summed E-state index contributed by atoms with van der Waals surface area (Å²) in [6.45, 7) is 11.1. The van der Waals surface area contributed by atoms with E-state index < -0.39 is 41.0 Å². The van der Waals surface area contributed by atoms with Crippen LogP contribution in [0.1, 0.15) is 54.4 Å². The van der Waals surface area contributed by atoms with Gasteiger partial charge >= 0.3 is 18.0 Å². The molecule has 0 saturated heterocycles. The van der Waals surface area contributed by atoms with E-state index in [1.807, 2.05) is 20.8 Å². The smallest absolute Gasteiger partial charge is 0.408 e. The minimum Gasteiger partial charge on any atom is -0.469 e. The highest BCUT2D eigenvalue weighted by Gasteiger charge is 2.28. The number of alkyl carbamates (subject to hydrolysis) is 1. The normalized spacial score (nSPS) is 13.3. The average molecular weight is 541 g/mol. The lowest BCUT2D eigenvalue weighted by atomic mass is 10.1. The number of methoxy groups -OCH3 is 2. The third-order valence-electron chi connectivity index (χ3n) is 3.59. The molecule has 0 heterocycles.